The summed E-state index contributed by atoms with van der Waals surface area (Å²) in [6.45, 7) is 2.62. The van der Waals surface area contributed by atoms with Gasteiger partial charge in [-0.15, -0.1) is 0 Å². The summed E-state index contributed by atoms with van der Waals surface area (Å²) < 4.78 is 28.2. The monoisotopic (exact) mass is 327 g/mol. The number of hydrogen-bond acceptors (Lipinski definition) is 6. The van der Waals surface area contributed by atoms with Gasteiger partial charge in [-0.1, -0.05) is 12.1 Å². The Labute approximate surface area is 130 Å². The van der Waals surface area contributed by atoms with Crippen LogP contribution in [0.15, 0.2) is 4.52 Å². The summed E-state index contributed by atoms with van der Waals surface area (Å²) in [5.74, 6) is 1.46. The van der Waals surface area contributed by atoms with E-state index in [0.717, 1.165) is 12.8 Å². The number of hydrogen-bond donors (Lipinski definition) is 0. The van der Waals surface area contributed by atoms with E-state index in [1.807, 2.05) is 6.92 Å². The van der Waals surface area contributed by atoms with Gasteiger partial charge in [0.05, 0.1) is 17.5 Å². The lowest BCUT2D eigenvalue weighted by molar-refractivity contribution is -0.133. The number of amides is 1. The van der Waals surface area contributed by atoms with Crippen molar-refractivity contribution in [1.82, 2.24) is 15.0 Å². The van der Waals surface area contributed by atoms with Crippen molar-refractivity contribution in [1.29, 1.82) is 0 Å². The molecule has 3 heterocycles. The summed E-state index contributed by atoms with van der Waals surface area (Å²) in [7, 11) is -2.94. The van der Waals surface area contributed by atoms with Crippen LogP contribution in [0.3, 0.4) is 0 Å². The zero-order valence-corrected chi connectivity index (χ0v) is 13.5. The fourth-order valence-corrected chi connectivity index (χ4v) is 5.14. The lowest BCUT2D eigenvalue weighted by atomic mass is 10.0. The Bertz CT molecular complexity index is 655. The van der Waals surface area contributed by atoms with Gasteiger partial charge in [0.15, 0.2) is 15.7 Å². The molecule has 3 rings (SSSR count). The van der Waals surface area contributed by atoms with Gasteiger partial charge in [0.25, 0.3) is 0 Å². The quantitative estimate of drug-likeness (QED) is 0.822. The first-order valence-electron chi connectivity index (χ1n) is 7.81. The van der Waals surface area contributed by atoms with Crippen LogP contribution in [-0.4, -0.2) is 47.4 Å². The van der Waals surface area contributed by atoms with Gasteiger partial charge in [-0.3, -0.25) is 4.79 Å². The van der Waals surface area contributed by atoms with Crippen molar-refractivity contribution in [3.05, 3.63) is 11.7 Å². The molecule has 0 bridgehead atoms. The van der Waals surface area contributed by atoms with Crippen molar-refractivity contribution in [2.45, 2.75) is 45.1 Å². The van der Waals surface area contributed by atoms with E-state index in [-0.39, 0.29) is 29.4 Å². The van der Waals surface area contributed by atoms with Gasteiger partial charge >= 0.3 is 0 Å². The average Bonchev–Trinajstić information content (AvgIpc) is 3.17. The minimum absolute atomic E-state index is 0.00690. The topological polar surface area (TPSA) is 93.4 Å². The van der Waals surface area contributed by atoms with Crippen molar-refractivity contribution in [2.75, 3.05) is 18.1 Å². The number of likely N-dealkylation sites (tertiary alicyclic amines) is 1. The summed E-state index contributed by atoms with van der Waals surface area (Å²) in [4.78, 5) is 18.6. The predicted molar refractivity (Wildman–Crippen MR) is 78.7 cm³/mol. The Kier molecular flexibility index (Phi) is 4.20. The molecule has 1 amide bonds. The van der Waals surface area contributed by atoms with Crippen molar-refractivity contribution < 1.29 is 17.7 Å². The molecule has 0 aromatic carbocycles. The number of nitrogens with zero attached hydrogens (tertiary/aromatic N) is 3. The first-order chi connectivity index (χ1) is 10.5. The zero-order chi connectivity index (χ0) is 15.7. The third kappa shape index (κ3) is 3.16. The van der Waals surface area contributed by atoms with Crippen LogP contribution in [0.5, 0.6) is 0 Å². The summed E-state index contributed by atoms with van der Waals surface area (Å²) in [6.07, 6.45) is 3.31. The number of carbonyl (C=O) groups is 1. The van der Waals surface area contributed by atoms with Crippen molar-refractivity contribution in [2.24, 2.45) is 5.92 Å². The Morgan fingerprint density at radius 2 is 2.23 bits per heavy atom. The highest BCUT2D eigenvalue weighted by molar-refractivity contribution is 7.91. The van der Waals surface area contributed by atoms with Crippen molar-refractivity contribution in [3.8, 4) is 0 Å². The van der Waals surface area contributed by atoms with Crippen LogP contribution in [0.25, 0.3) is 0 Å². The van der Waals surface area contributed by atoms with E-state index in [1.165, 1.54) is 0 Å². The fraction of sp³-hybridized carbons (Fsp3) is 0.786. The lowest BCUT2D eigenvalue weighted by Gasteiger charge is -2.23. The van der Waals surface area contributed by atoms with Crippen LogP contribution >= 0.6 is 0 Å². The summed E-state index contributed by atoms with van der Waals surface area (Å²) in [5, 5.41) is 3.98. The molecule has 0 saturated carbocycles. The smallest absolute Gasteiger partial charge is 0.226 e. The van der Waals surface area contributed by atoms with Crippen molar-refractivity contribution in [3.63, 3.8) is 0 Å². The standard InChI is InChI=1S/C14H21N3O4S/c1-2-12-15-14(16-21-12)11-4-3-6-17(11)13(18)8-10-5-7-22(19,20)9-10/h10-11H,2-9H2,1H3/t10-,11-/m1/s1. The SMILES string of the molecule is CCc1nc([C@H]2CCCN2C(=O)C[C@H]2CCS(=O)(=O)C2)no1. The van der Waals surface area contributed by atoms with Crippen LogP contribution in [0.1, 0.15) is 50.4 Å². The van der Waals surface area contributed by atoms with Gasteiger partial charge in [-0.05, 0) is 25.2 Å². The van der Waals surface area contributed by atoms with E-state index in [0.29, 0.717) is 37.5 Å². The van der Waals surface area contributed by atoms with Gasteiger partial charge in [-0.2, -0.15) is 4.98 Å². The predicted octanol–water partition coefficient (Wildman–Crippen LogP) is 1.12. The second kappa shape index (κ2) is 5.98. The van der Waals surface area contributed by atoms with Crippen LogP contribution in [0.4, 0.5) is 0 Å². The minimum Gasteiger partial charge on any atom is -0.339 e. The first kappa shape index (κ1) is 15.5. The van der Waals surface area contributed by atoms with Gasteiger partial charge in [0, 0.05) is 19.4 Å². The molecule has 2 aliphatic heterocycles. The van der Waals surface area contributed by atoms with E-state index in [1.54, 1.807) is 4.90 Å². The second-order valence-electron chi connectivity index (χ2n) is 6.12. The lowest BCUT2D eigenvalue weighted by Crippen LogP contribution is -2.32. The molecule has 0 aliphatic carbocycles. The maximum absolute atomic E-state index is 12.5. The largest absolute Gasteiger partial charge is 0.339 e. The highest BCUT2D eigenvalue weighted by Gasteiger charge is 2.36. The highest BCUT2D eigenvalue weighted by Crippen LogP contribution is 2.32. The molecule has 22 heavy (non-hydrogen) atoms. The number of rotatable bonds is 4. The third-order valence-corrected chi connectivity index (χ3v) is 6.28. The first-order valence-corrected chi connectivity index (χ1v) is 9.63. The molecule has 0 spiro atoms. The van der Waals surface area contributed by atoms with E-state index < -0.39 is 9.84 Å². The third-order valence-electron chi connectivity index (χ3n) is 4.45. The highest BCUT2D eigenvalue weighted by atomic mass is 32.2. The molecule has 7 nitrogen and oxygen atoms in total. The fourth-order valence-electron chi connectivity index (χ4n) is 3.28. The normalized spacial score (nSPS) is 27.4. The summed E-state index contributed by atoms with van der Waals surface area (Å²) in [6, 6.07) is -0.130. The molecule has 1 aromatic heterocycles. The molecule has 2 fully saturated rings. The number of aromatic nitrogens is 2. The van der Waals surface area contributed by atoms with Crippen LogP contribution in [-0.2, 0) is 21.1 Å². The molecule has 2 saturated heterocycles. The Morgan fingerprint density at radius 3 is 2.86 bits per heavy atom. The molecule has 0 radical (unpaired) electrons. The molecule has 122 valence electrons. The summed E-state index contributed by atoms with van der Waals surface area (Å²) in [5.41, 5.74) is 0. The van der Waals surface area contributed by atoms with Gasteiger partial charge < -0.3 is 9.42 Å². The Balaban J connectivity index is 1.66. The molecule has 2 atom stereocenters. The maximum atomic E-state index is 12.5. The van der Waals surface area contributed by atoms with Gasteiger partial charge in [0.2, 0.25) is 11.8 Å². The number of aryl methyl sites for hydroxylation is 1. The van der Waals surface area contributed by atoms with E-state index in [4.69, 9.17) is 4.52 Å². The minimum atomic E-state index is -2.94. The molecule has 8 heteroatoms. The van der Waals surface area contributed by atoms with E-state index >= 15 is 0 Å². The van der Waals surface area contributed by atoms with E-state index in [2.05, 4.69) is 10.1 Å². The molecule has 1 aromatic rings. The molecule has 0 unspecified atom stereocenters. The van der Waals surface area contributed by atoms with Crippen molar-refractivity contribution >= 4 is 15.7 Å². The number of sulfone groups is 1. The van der Waals surface area contributed by atoms with Crippen LogP contribution in [0.2, 0.25) is 0 Å². The molecule has 2 aliphatic rings. The summed E-state index contributed by atoms with van der Waals surface area (Å²) >= 11 is 0. The average molecular weight is 327 g/mol. The Morgan fingerprint density at radius 1 is 1.41 bits per heavy atom. The van der Waals surface area contributed by atoms with E-state index in [9.17, 15) is 13.2 Å². The van der Waals surface area contributed by atoms with Gasteiger partial charge in [-0.25, -0.2) is 8.42 Å². The van der Waals surface area contributed by atoms with Crippen LogP contribution in [0, 0.1) is 5.92 Å². The molecule has 0 N–H and O–H groups in total. The zero-order valence-electron chi connectivity index (χ0n) is 12.7. The maximum Gasteiger partial charge on any atom is 0.226 e. The number of carbonyl (C=O) groups excluding carboxylic acids is 1. The molecular formula is C14H21N3O4S. The van der Waals surface area contributed by atoms with Crippen LogP contribution < -0.4 is 0 Å². The second-order valence-corrected chi connectivity index (χ2v) is 8.35. The van der Waals surface area contributed by atoms with Gasteiger partial charge in [0.1, 0.15) is 0 Å². The Hall–Kier alpha value is -1.44. The molecular weight excluding hydrogens is 306 g/mol.